The fraction of sp³-hybridized carbons (Fsp3) is 0.345. The summed E-state index contributed by atoms with van der Waals surface area (Å²) in [7, 11) is -1.90. The molecule has 8 nitrogen and oxygen atoms in total. The van der Waals surface area contributed by atoms with E-state index in [4.69, 9.17) is 14.2 Å². The van der Waals surface area contributed by atoms with Crippen LogP contribution in [0.15, 0.2) is 77.8 Å². The van der Waals surface area contributed by atoms with Gasteiger partial charge in [-0.1, -0.05) is 50.0 Å². The molecule has 0 saturated carbocycles. The highest BCUT2D eigenvalue weighted by Gasteiger charge is 2.28. The first-order valence-corrected chi connectivity index (χ1v) is 18.0. The summed E-state index contributed by atoms with van der Waals surface area (Å²) in [5.74, 6) is 1.43. The van der Waals surface area contributed by atoms with Crippen LogP contribution in [0.4, 0.5) is 0 Å². The highest BCUT2D eigenvalue weighted by Crippen LogP contribution is 2.28. The number of fused-ring (bicyclic) bond motifs is 1. The standard InChI is InChI=1S/C29H37N3O5SSi/c1-35-25-13-9-23(10-14-25)19-32(20-24-11-15-26(36-2)16-12-24)38(33,34)29-8-6-7-28-27(29)21-31(30-28)22-37-17-18-39(3,4)5/h6-16,21H,17-20,22H2,1-5H3. The minimum Gasteiger partial charge on any atom is -0.497 e. The van der Waals surface area contributed by atoms with Crippen LogP contribution >= 0.6 is 0 Å². The molecule has 10 heteroatoms. The molecule has 0 bridgehead atoms. The number of aromatic nitrogens is 2. The average molecular weight is 568 g/mol. The lowest BCUT2D eigenvalue weighted by atomic mass is 10.2. The van der Waals surface area contributed by atoms with Gasteiger partial charge >= 0.3 is 0 Å². The van der Waals surface area contributed by atoms with Crippen molar-refractivity contribution in [1.29, 1.82) is 0 Å². The summed E-state index contributed by atoms with van der Waals surface area (Å²) in [5.41, 5.74) is 2.32. The molecule has 0 aliphatic heterocycles. The molecule has 0 radical (unpaired) electrons. The first-order chi connectivity index (χ1) is 18.6. The molecule has 0 saturated heterocycles. The van der Waals surface area contributed by atoms with Gasteiger partial charge in [0, 0.05) is 39.4 Å². The van der Waals surface area contributed by atoms with E-state index in [1.807, 2.05) is 54.6 Å². The summed E-state index contributed by atoms with van der Waals surface area (Å²) in [4.78, 5) is 0.218. The third kappa shape index (κ3) is 7.48. The van der Waals surface area contributed by atoms with Crippen LogP contribution in [-0.2, 0) is 34.6 Å². The van der Waals surface area contributed by atoms with Crippen LogP contribution in [0.2, 0.25) is 25.7 Å². The average Bonchev–Trinajstić information content (AvgIpc) is 3.34. The molecule has 0 N–H and O–H groups in total. The Bertz CT molecular complexity index is 1430. The lowest BCUT2D eigenvalue weighted by Crippen LogP contribution is -2.30. The van der Waals surface area contributed by atoms with E-state index in [-0.39, 0.29) is 24.7 Å². The molecule has 4 aromatic rings. The van der Waals surface area contributed by atoms with Gasteiger partial charge in [-0.3, -0.25) is 0 Å². The molecule has 0 unspecified atom stereocenters. The van der Waals surface area contributed by atoms with Crippen molar-refractivity contribution in [1.82, 2.24) is 14.1 Å². The molecular formula is C29H37N3O5SSi. The SMILES string of the molecule is COc1ccc(CN(Cc2ccc(OC)cc2)S(=O)(=O)c2cccc3nn(COCC[Si](C)(C)C)cc23)cc1. The molecule has 1 heterocycles. The van der Waals surface area contributed by atoms with Crippen LogP contribution in [0.25, 0.3) is 10.9 Å². The number of sulfonamides is 1. The van der Waals surface area contributed by atoms with Crippen molar-refractivity contribution in [2.75, 3.05) is 20.8 Å². The summed E-state index contributed by atoms with van der Waals surface area (Å²) in [6, 6.07) is 21.1. The van der Waals surface area contributed by atoms with E-state index in [0.717, 1.165) is 17.2 Å². The predicted octanol–water partition coefficient (Wildman–Crippen LogP) is 5.76. The smallest absolute Gasteiger partial charge is 0.244 e. The van der Waals surface area contributed by atoms with Crippen LogP contribution in [0.3, 0.4) is 0 Å². The Hall–Kier alpha value is -3.18. The molecule has 0 spiro atoms. The molecule has 208 valence electrons. The molecular weight excluding hydrogens is 530 g/mol. The Labute approximate surface area is 232 Å². The topological polar surface area (TPSA) is 82.9 Å². The number of rotatable bonds is 13. The number of ether oxygens (including phenoxy) is 3. The van der Waals surface area contributed by atoms with Crippen molar-refractivity contribution >= 4 is 29.0 Å². The van der Waals surface area contributed by atoms with Gasteiger partial charge in [-0.25, -0.2) is 13.1 Å². The first kappa shape index (κ1) is 28.8. The Morgan fingerprint density at radius 3 is 1.92 bits per heavy atom. The van der Waals surface area contributed by atoms with Gasteiger partial charge < -0.3 is 14.2 Å². The molecule has 39 heavy (non-hydrogen) atoms. The number of benzene rings is 3. The maximum Gasteiger partial charge on any atom is 0.244 e. The third-order valence-corrected chi connectivity index (χ3v) is 9.99. The highest BCUT2D eigenvalue weighted by molar-refractivity contribution is 7.89. The predicted molar refractivity (Wildman–Crippen MR) is 156 cm³/mol. The summed E-state index contributed by atoms with van der Waals surface area (Å²) < 4.78 is 47.9. The van der Waals surface area contributed by atoms with Crippen molar-refractivity contribution in [2.45, 2.75) is 50.4 Å². The van der Waals surface area contributed by atoms with E-state index in [9.17, 15) is 8.42 Å². The van der Waals surface area contributed by atoms with Gasteiger partial charge in [0.2, 0.25) is 10.0 Å². The lowest BCUT2D eigenvalue weighted by Gasteiger charge is -2.23. The fourth-order valence-electron chi connectivity index (χ4n) is 4.13. The fourth-order valence-corrected chi connectivity index (χ4v) is 6.49. The van der Waals surface area contributed by atoms with Gasteiger partial charge in [0.25, 0.3) is 0 Å². The summed E-state index contributed by atoms with van der Waals surface area (Å²) >= 11 is 0. The van der Waals surface area contributed by atoms with Gasteiger partial charge in [0.1, 0.15) is 18.2 Å². The van der Waals surface area contributed by atoms with E-state index in [2.05, 4.69) is 24.7 Å². The third-order valence-electron chi connectivity index (χ3n) is 6.43. The van der Waals surface area contributed by atoms with Crippen molar-refractivity contribution < 1.29 is 22.6 Å². The van der Waals surface area contributed by atoms with Crippen LogP contribution in [0.1, 0.15) is 11.1 Å². The number of nitrogens with zero attached hydrogens (tertiary/aromatic N) is 3. The van der Waals surface area contributed by atoms with Gasteiger partial charge in [-0.2, -0.15) is 9.40 Å². The van der Waals surface area contributed by atoms with Crippen LogP contribution in [0, 0.1) is 0 Å². The summed E-state index contributed by atoms with van der Waals surface area (Å²) in [5, 5.41) is 5.15. The Kier molecular flexibility index (Phi) is 9.11. The monoisotopic (exact) mass is 567 g/mol. The maximum absolute atomic E-state index is 14.2. The van der Waals surface area contributed by atoms with Gasteiger partial charge in [-0.15, -0.1) is 0 Å². The van der Waals surface area contributed by atoms with Crippen molar-refractivity contribution in [3.8, 4) is 11.5 Å². The van der Waals surface area contributed by atoms with Crippen LogP contribution < -0.4 is 9.47 Å². The maximum atomic E-state index is 14.2. The number of methoxy groups -OCH3 is 2. The van der Waals surface area contributed by atoms with Gasteiger partial charge in [0.15, 0.2) is 0 Å². The van der Waals surface area contributed by atoms with E-state index in [0.29, 0.717) is 29.0 Å². The summed E-state index contributed by atoms with van der Waals surface area (Å²) in [6.45, 7) is 8.25. The van der Waals surface area contributed by atoms with Gasteiger partial charge in [0.05, 0.1) is 24.6 Å². The zero-order valence-electron chi connectivity index (χ0n) is 23.3. The molecule has 0 atom stereocenters. The minimum atomic E-state index is -3.90. The van der Waals surface area contributed by atoms with Crippen molar-refractivity contribution in [3.05, 3.63) is 84.1 Å². The molecule has 3 aromatic carbocycles. The van der Waals surface area contributed by atoms with Gasteiger partial charge in [-0.05, 0) is 53.6 Å². The zero-order valence-corrected chi connectivity index (χ0v) is 25.1. The molecule has 0 aliphatic carbocycles. The Balaban J connectivity index is 1.64. The molecule has 0 fully saturated rings. The molecule has 4 rings (SSSR count). The minimum absolute atomic E-state index is 0.197. The quantitative estimate of drug-likeness (QED) is 0.151. The first-order valence-electron chi connectivity index (χ1n) is 12.9. The zero-order chi connectivity index (χ0) is 28.0. The lowest BCUT2D eigenvalue weighted by molar-refractivity contribution is 0.0791. The molecule has 0 aliphatic rings. The largest absolute Gasteiger partial charge is 0.497 e. The molecule has 1 aromatic heterocycles. The Morgan fingerprint density at radius 2 is 1.41 bits per heavy atom. The number of hydrogen-bond donors (Lipinski definition) is 0. The van der Waals surface area contributed by atoms with E-state index >= 15 is 0 Å². The summed E-state index contributed by atoms with van der Waals surface area (Å²) in [6.07, 6.45) is 1.76. The molecule has 0 amide bonds. The van der Waals surface area contributed by atoms with E-state index in [1.165, 1.54) is 4.31 Å². The second-order valence-electron chi connectivity index (χ2n) is 10.7. The number of hydrogen-bond acceptors (Lipinski definition) is 6. The van der Waals surface area contributed by atoms with Crippen molar-refractivity contribution in [2.24, 2.45) is 0 Å². The highest BCUT2D eigenvalue weighted by atomic mass is 32.2. The second kappa shape index (κ2) is 12.3. The van der Waals surface area contributed by atoms with E-state index in [1.54, 1.807) is 37.2 Å². The van der Waals surface area contributed by atoms with Crippen molar-refractivity contribution in [3.63, 3.8) is 0 Å². The van der Waals surface area contributed by atoms with Crippen LogP contribution in [0.5, 0.6) is 11.5 Å². The van der Waals surface area contributed by atoms with Crippen LogP contribution in [-0.4, -0.2) is 51.4 Å². The second-order valence-corrected chi connectivity index (χ2v) is 18.2. The Morgan fingerprint density at radius 1 is 0.846 bits per heavy atom. The van der Waals surface area contributed by atoms with E-state index < -0.39 is 18.1 Å². The normalized spacial score (nSPS) is 12.3.